The van der Waals surface area contributed by atoms with Gasteiger partial charge in [-0.1, -0.05) is 6.42 Å². The highest BCUT2D eigenvalue weighted by atomic mass is 32.2. The van der Waals surface area contributed by atoms with Gasteiger partial charge in [-0.3, -0.25) is 4.79 Å². The number of nitrogens with one attached hydrogen (secondary N) is 1. The van der Waals surface area contributed by atoms with Crippen LogP contribution in [0.3, 0.4) is 0 Å². The number of rotatable bonds is 4. The first kappa shape index (κ1) is 12.2. The van der Waals surface area contributed by atoms with Crippen LogP contribution in [-0.2, 0) is 0 Å². The molecule has 1 saturated carbocycles. The number of primary amides is 1. The summed E-state index contributed by atoms with van der Waals surface area (Å²) >= 11 is 1.90. The second-order valence-corrected chi connectivity index (χ2v) is 5.33. The molecule has 1 aliphatic carbocycles. The van der Waals surface area contributed by atoms with Crippen molar-refractivity contribution >= 4 is 23.5 Å². The van der Waals surface area contributed by atoms with Crippen LogP contribution in [0.4, 0.5) is 5.82 Å². The molecule has 2 rings (SSSR count). The summed E-state index contributed by atoms with van der Waals surface area (Å²) in [6, 6.07) is 4.01. The Labute approximate surface area is 105 Å². The van der Waals surface area contributed by atoms with E-state index in [-0.39, 0.29) is 0 Å². The van der Waals surface area contributed by atoms with Crippen molar-refractivity contribution in [1.82, 2.24) is 4.98 Å². The summed E-state index contributed by atoms with van der Waals surface area (Å²) in [4.78, 5) is 15.1. The minimum Gasteiger partial charge on any atom is -0.366 e. The number of nitrogens with zero attached hydrogens (tertiary/aromatic N) is 1. The predicted octanol–water partition coefficient (Wildman–Crippen LogP) is 1.88. The van der Waals surface area contributed by atoms with E-state index in [1.54, 1.807) is 6.07 Å². The fraction of sp³-hybridized carbons (Fsp3) is 0.500. The molecule has 1 aromatic rings. The van der Waals surface area contributed by atoms with Crippen LogP contribution in [0.25, 0.3) is 0 Å². The third kappa shape index (κ3) is 2.91. The van der Waals surface area contributed by atoms with Gasteiger partial charge in [-0.15, -0.1) is 0 Å². The summed E-state index contributed by atoms with van der Waals surface area (Å²) < 4.78 is 0. The molecule has 1 aromatic heterocycles. The van der Waals surface area contributed by atoms with Crippen molar-refractivity contribution in [2.24, 2.45) is 5.73 Å². The van der Waals surface area contributed by atoms with Gasteiger partial charge in [0.1, 0.15) is 5.82 Å². The van der Waals surface area contributed by atoms with Gasteiger partial charge < -0.3 is 11.1 Å². The molecule has 92 valence electrons. The fourth-order valence-corrected chi connectivity index (χ4v) is 3.12. The van der Waals surface area contributed by atoms with Crippen LogP contribution < -0.4 is 11.1 Å². The molecule has 1 fully saturated rings. The number of aromatic nitrogens is 1. The maximum absolute atomic E-state index is 10.9. The second-order valence-electron chi connectivity index (χ2n) is 4.25. The summed E-state index contributed by atoms with van der Waals surface area (Å²) in [6.07, 6.45) is 7.38. The fourth-order valence-electron chi connectivity index (χ4n) is 2.19. The van der Waals surface area contributed by atoms with Crippen LogP contribution in [0.1, 0.15) is 29.6 Å². The van der Waals surface area contributed by atoms with Crippen LogP contribution in [-0.4, -0.2) is 28.4 Å². The Morgan fingerprint density at radius 1 is 1.53 bits per heavy atom. The Balaban J connectivity index is 2.01. The number of amides is 1. The number of carbonyl (C=O) groups is 1. The normalized spacial score (nSPS) is 23.6. The number of carbonyl (C=O) groups excluding carboxylic acids is 1. The van der Waals surface area contributed by atoms with Crippen molar-refractivity contribution in [3.63, 3.8) is 0 Å². The molecule has 17 heavy (non-hydrogen) atoms. The summed E-state index contributed by atoms with van der Waals surface area (Å²) in [6.45, 7) is 0. The highest BCUT2D eigenvalue weighted by molar-refractivity contribution is 7.99. The number of anilines is 1. The zero-order chi connectivity index (χ0) is 12.3. The minimum atomic E-state index is -0.438. The lowest BCUT2D eigenvalue weighted by Gasteiger charge is -2.19. The quantitative estimate of drug-likeness (QED) is 0.857. The van der Waals surface area contributed by atoms with Crippen LogP contribution in [0, 0.1) is 0 Å². The highest BCUT2D eigenvalue weighted by Gasteiger charge is 2.26. The van der Waals surface area contributed by atoms with Crippen molar-refractivity contribution in [2.45, 2.75) is 30.6 Å². The second kappa shape index (κ2) is 5.40. The summed E-state index contributed by atoms with van der Waals surface area (Å²) in [5, 5.41) is 4.08. The Hall–Kier alpha value is -1.23. The Morgan fingerprint density at radius 2 is 2.35 bits per heavy atom. The number of hydrogen-bond acceptors (Lipinski definition) is 4. The first-order valence-corrected chi connectivity index (χ1v) is 7.04. The van der Waals surface area contributed by atoms with Crippen LogP contribution in [0.5, 0.6) is 0 Å². The predicted molar refractivity (Wildman–Crippen MR) is 71.3 cm³/mol. The molecule has 0 bridgehead atoms. The van der Waals surface area contributed by atoms with Gasteiger partial charge in [-0.25, -0.2) is 4.98 Å². The zero-order valence-corrected chi connectivity index (χ0v) is 10.7. The van der Waals surface area contributed by atoms with E-state index in [1.807, 2.05) is 17.8 Å². The van der Waals surface area contributed by atoms with E-state index in [4.69, 9.17) is 5.73 Å². The molecule has 3 N–H and O–H groups in total. The van der Waals surface area contributed by atoms with Crippen LogP contribution in [0.2, 0.25) is 0 Å². The molecule has 2 unspecified atom stereocenters. The molecule has 1 aliphatic rings. The molecule has 0 aliphatic heterocycles. The Morgan fingerprint density at radius 3 is 2.94 bits per heavy atom. The molecular weight excluding hydrogens is 234 g/mol. The van der Waals surface area contributed by atoms with Crippen molar-refractivity contribution < 1.29 is 4.79 Å². The van der Waals surface area contributed by atoms with Crippen molar-refractivity contribution in [2.75, 3.05) is 11.6 Å². The Bertz CT molecular complexity index is 393. The molecule has 0 spiro atoms. The summed E-state index contributed by atoms with van der Waals surface area (Å²) in [5.74, 6) is 0.382. The third-order valence-corrected chi connectivity index (χ3v) is 4.31. The van der Waals surface area contributed by atoms with Crippen molar-refractivity contribution in [3.8, 4) is 0 Å². The maximum atomic E-state index is 10.9. The van der Waals surface area contributed by atoms with Gasteiger partial charge in [0, 0.05) is 17.5 Å². The smallest absolute Gasteiger partial charge is 0.250 e. The number of pyridine rings is 1. The summed E-state index contributed by atoms with van der Waals surface area (Å²) in [5.41, 5.74) is 5.62. The standard InChI is InChI=1S/C12H17N3OS/c1-17-10-4-2-3-9(10)15-11-6-5-8(7-14-11)12(13)16/h5-7,9-10H,2-4H2,1H3,(H2,13,16)(H,14,15). The van der Waals surface area contributed by atoms with E-state index in [0.29, 0.717) is 16.9 Å². The van der Waals surface area contributed by atoms with E-state index in [0.717, 1.165) is 5.82 Å². The molecule has 0 radical (unpaired) electrons. The highest BCUT2D eigenvalue weighted by Crippen LogP contribution is 2.30. The van der Waals surface area contributed by atoms with Gasteiger partial charge >= 0.3 is 0 Å². The van der Waals surface area contributed by atoms with Crippen molar-refractivity contribution in [3.05, 3.63) is 23.9 Å². The van der Waals surface area contributed by atoms with Gasteiger partial charge in [-0.05, 0) is 31.2 Å². The largest absolute Gasteiger partial charge is 0.366 e. The van der Waals surface area contributed by atoms with Gasteiger partial charge in [0.05, 0.1) is 5.56 Å². The topological polar surface area (TPSA) is 68.0 Å². The molecule has 1 heterocycles. The number of hydrogen-bond donors (Lipinski definition) is 2. The average molecular weight is 251 g/mol. The van der Waals surface area contributed by atoms with Gasteiger partial charge in [0.15, 0.2) is 0 Å². The minimum absolute atomic E-state index is 0.438. The molecule has 5 heteroatoms. The molecule has 1 amide bonds. The zero-order valence-electron chi connectivity index (χ0n) is 9.85. The first-order chi connectivity index (χ1) is 8.20. The van der Waals surface area contributed by atoms with E-state index in [9.17, 15) is 4.79 Å². The third-order valence-electron chi connectivity index (χ3n) is 3.14. The lowest BCUT2D eigenvalue weighted by molar-refractivity contribution is 0.1000. The first-order valence-electron chi connectivity index (χ1n) is 5.76. The summed E-state index contributed by atoms with van der Waals surface area (Å²) in [7, 11) is 0. The van der Waals surface area contributed by atoms with E-state index < -0.39 is 5.91 Å². The molecule has 0 saturated heterocycles. The Kier molecular flexibility index (Phi) is 3.89. The van der Waals surface area contributed by atoms with Crippen LogP contribution in [0.15, 0.2) is 18.3 Å². The van der Waals surface area contributed by atoms with E-state index >= 15 is 0 Å². The lowest BCUT2D eigenvalue weighted by Crippen LogP contribution is -2.26. The van der Waals surface area contributed by atoms with E-state index in [2.05, 4.69) is 16.6 Å². The van der Waals surface area contributed by atoms with Crippen LogP contribution >= 0.6 is 11.8 Å². The number of thioether (sulfide) groups is 1. The van der Waals surface area contributed by atoms with E-state index in [1.165, 1.54) is 25.5 Å². The monoisotopic (exact) mass is 251 g/mol. The van der Waals surface area contributed by atoms with Crippen molar-refractivity contribution in [1.29, 1.82) is 0 Å². The SMILES string of the molecule is CSC1CCCC1Nc1ccc(C(N)=O)cn1. The lowest BCUT2D eigenvalue weighted by atomic mass is 10.2. The van der Waals surface area contributed by atoms with Gasteiger partial charge in [0.25, 0.3) is 0 Å². The average Bonchev–Trinajstić information content (AvgIpc) is 2.77. The molecular formula is C12H17N3OS. The number of nitrogens with two attached hydrogens (primary N) is 1. The molecule has 4 nitrogen and oxygen atoms in total. The molecule has 2 atom stereocenters. The maximum Gasteiger partial charge on any atom is 0.250 e. The van der Waals surface area contributed by atoms with Gasteiger partial charge in [-0.2, -0.15) is 11.8 Å². The molecule has 0 aromatic carbocycles. The van der Waals surface area contributed by atoms with Gasteiger partial charge in [0.2, 0.25) is 5.91 Å².